The molecule has 0 radical (unpaired) electrons. The zero-order chi connectivity index (χ0) is 20.1. The van der Waals surface area contributed by atoms with Crippen LogP contribution in [-0.4, -0.2) is 30.1 Å². The van der Waals surface area contributed by atoms with E-state index in [1.165, 1.54) is 17.7 Å². The number of sulfonamides is 1. The van der Waals surface area contributed by atoms with Crippen LogP contribution in [-0.2, 0) is 16.4 Å². The van der Waals surface area contributed by atoms with Gasteiger partial charge in [0.05, 0.1) is 11.1 Å². The lowest BCUT2D eigenvalue weighted by Gasteiger charge is -2.11. The zero-order valence-corrected chi connectivity index (χ0v) is 16.5. The topological polar surface area (TPSA) is 123 Å². The molecule has 3 aromatic rings. The van der Waals surface area contributed by atoms with E-state index in [2.05, 4.69) is 25.8 Å². The molecule has 8 nitrogen and oxygen atoms in total. The Bertz CT molecular complexity index is 1070. The first-order valence-electron chi connectivity index (χ1n) is 8.71. The molecule has 0 atom stereocenters. The van der Waals surface area contributed by atoms with E-state index in [1.54, 1.807) is 18.3 Å². The molecular formula is C19H22N6O2S. The molecule has 0 aliphatic carbocycles. The number of aryl methyl sites for hydroxylation is 1. The quantitative estimate of drug-likeness (QED) is 0.559. The third-order valence-electron chi connectivity index (χ3n) is 4.38. The first kappa shape index (κ1) is 19.7. The monoisotopic (exact) mass is 398 g/mol. The van der Waals surface area contributed by atoms with Crippen molar-refractivity contribution in [2.45, 2.75) is 25.2 Å². The van der Waals surface area contributed by atoms with Crippen molar-refractivity contribution in [3.8, 4) is 0 Å². The summed E-state index contributed by atoms with van der Waals surface area (Å²) in [4.78, 5) is 4.53. The Balaban J connectivity index is 1.60. The van der Waals surface area contributed by atoms with Crippen LogP contribution in [0.4, 0.5) is 17.5 Å². The van der Waals surface area contributed by atoms with Crippen LogP contribution < -0.4 is 15.8 Å². The summed E-state index contributed by atoms with van der Waals surface area (Å²) in [5.41, 5.74) is 4.23. The van der Waals surface area contributed by atoms with Crippen molar-refractivity contribution in [1.82, 2.24) is 15.2 Å². The molecule has 0 amide bonds. The summed E-state index contributed by atoms with van der Waals surface area (Å²) in [6, 6.07) is 12.5. The van der Waals surface area contributed by atoms with Crippen molar-refractivity contribution < 1.29 is 8.42 Å². The van der Waals surface area contributed by atoms with E-state index in [1.807, 2.05) is 32.0 Å². The van der Waals surface area contributed by atoms with Gasteiger partial charge in [0.15, 0.2) is 5.82 Å². The number of anilines is 3. The summed E-state index contributed by atoms with van der Waals surface area (Å²) in [5, 5.41) is 19.5. The van der Waals surface area contributed by atoms with Gasteiger partial charge in [-0.15, -0.1) is 5.10 Å². The normalized spacial score (nSPS) is 11.2. The second-order valence-electron chi connectivity index (χ2n) is 6.40. The second kappa shape index (κ2) is 8.32. The molecular weight excluding hydrogens is 376 g/mol. The van der Waals surface area contributed by atoms with Crippen LogP contribution in [0.15, 0.2) is 53.6 Å². The summed E-state index contributed by atoms with van der Waals surface area (Å²) >= 11 is 0. The summed E-state index contributed by atoms with van der Waals surface area (Å²) < 4.78 is 22.6. The van der Waals surface area contributed by atoms with Gasteiger partial charge in [-0.2, -0.15) is 10.1 Å². The lowest BCUT2D eigenvalue weighted by molar-refractivity contribution is 0.598. The molecule has 1 aromatic heterocycles. The fraction of sp³-hybridized carbons (Fsp3) is 0.211. The van der Waals surface area contributed by atoms with Crippen molar-refractivity contribution >= 4 is 27.5 Å². The molecule has 0 fully saturated rings. The largest absolute Gasteiger partial charge is 0.368 e. The van der Waals surface area contributed by atoms with Gasteiger partial charge in [-0.05, 0) is 55.2 Å². The summed E-state index contributed by atoms with van der Waals surface area (Å²) in [6.07, 6.45) is 2.24. The third kappa shape index (κ3) is 5.02. The maximum Gasteiger partial charge on any atom is 0.249 e. The predicted octanol–water partition coefficient (Wildman–Crippen LogP) is 2.53. The van der Waals surface area contributed by atoms with Gasteiger partial charge in [0.2, 0.25) is 16.0 Å². The van der Waals surface area contributed by atoms with Gasteiger partial charge >= 0.3 is 0 Å². The Hall–Kier alpha value is -3.04. The Morgan fingerprint density at radius 2 is 1.82 bits per heavy atom. The molecule has 4 N–H and O–H groups in total. The van der Waals surface area contributed by atoms with E-state index in [-0.39, 0.29) is 4.90 Å². The first-order valence-corrected chi connectivity index (χ1v) is 10.3. The molecule has 1 heterocycles. The molecule has 0 saturated heterocycles. The van der Waals surface area contributed by atoms with Crippen LogP contribution in [0.3, 0.4) is 0 Å². The van der Waals surface area contributed by atoms with Crippen LogP contribution >= 0.6 is 0 Å². The Labute approximate surface area is 164 Å². The smallest absolute Gasteiger partial charge is 0.249 e. The van der Waals surface area contributed by atoms with Crippen molar-refractivity contribution in [2.24, 2.45) is 5.14 Å². The van der Waals surface area contributed by atoms with E-state index >= 15 is 0 Å². The molecule has 3 rings (SSSR count). The summed E-state index contributed by atoms with van der Waals surface area (Å²) in [6.45, 7) is 4.69. The van der Waals surface area contributed by atoms with Crippen molar-refractivity contribution in [3.05, 3.63) is 65.4 Å². The number of aromatic nitrogens is 3. The first-order chi connectivity index (χ1) is 13.3. The summed E-state index contributed by atoms with van der Waals surface area (Å²) in [5.74, 6) is 1.01. The number of rotatable bonds is 7. The third-order valence-corrected chi connectivity index (χ3v) is 5.31. The maximum atomic E-state index is 11.3. The van der Waals surface area contributed by atoms with Crippen molar-refractivity contribution in [2.75, 3.05) is 17.2 Å². The van der Waals surface area contributed by atoms with Gasteiger partial charge in [-0.1, -0.05) is 24.3 Å². The average molecular weight is 398 g/mol. The number of nitrogens with two attached hydrogens (primary N) is 1. The molecule has 28 heavy (non-hydrogen) atoms. The number of hydrogen-bond donors (Lipinski definition) is 3. The fourth-order valence-electron chi connectivity index (χ4n) is 2.63. The standard InChI is InChI=1S/C19H22N6O2S/c1-13-4-3-5-17(14(13)2)23-19-24-18(12-22-25-19)21-11-10-15-6-8-16(9-7-15)28(20,26)27/h3-9,12H,10-11H2,1-2H3,(H2,20,26,27)(H2,21,23,24,25). The van der Waals surface area contributed by atoms with E-state index < -0.39 is 10.0 Å². The van der Waals surface area contributed by atoms with Gasteiger partial charge in [-0.3, -0.25) is 0 Å². The Morgan fingerprint density at radius 3 is 2.54 bits per heavy atom. The molecule has 0 aliphatic heterocycles. The summed E-state index contributed by atoms with van der Waals surface area (Å²) in [7, 11) is -3.67. The molecule has 0 spiro atoms. The minimum Gasteiger partial charge on any atom is -0.368 e. The highest BCUT2D eigenvalue weighted by atomic mass is 32.2. The molecule has 146 valence electrons. The predicted molar refractivity (Wildman–Crippen MR) is 109 cm³/mol. The second-order valence-corrected chi connectivity index (χ2v) is 7.96. The lowest BCUT2D eigenvalue weighted by atomic mass is 10.1. The highest BCUT2D eigenvalue weighted by Gasteiger charge is 2.07. The van der Waals surface area contributed by atoms with Gasteiger partial charge in [0.25, 0.3) is 0 Å². The Morgan fingerprint density at radius 1 is 1.07 bits per heavy atom. The lowest BCUT2D eigenvalue weighted by Crippen LogP contribution is -2.12. The van der Waals surface area contributed by atoms with Crippen LogP contribution in [0.1, 0.15) is 16.7 Å². The van der Waals surface area contributed by atoms with E-state index in [9.17, 15) is 8.42 Å². The van der Waals surface area contributed by atoms with Crippen LogP contribution in [0, 0.1) is 13.8 Å². The molecule has 0 aliphatic rings. The number of primary sulfonamides is 1. The number of nitrogens with zero attached hydrogens (tertiary/aromatic N) is 3. The van der Waals surface area contributed by atoms with Gasteiger partial charge < -0.3 is 10.6 Å². The number of nitrogens with one attached hydrogen (secondary N) is 2. The fourth-order valence-corrected chi connectivity index (χ4v) is 3.14. The van der Waals surface area contributed by atoms with E-state index in [4.69, 9.17) is 5.14 Å². The van der Waals surface area contributed by atoms with Gasteiger partial charge in [-0.25, -0.2) is 13.6 Å². The molecule has 0 unspecified atom stereocenters. The SMILES string of the molecule is Cc1cccc(Nc2nncc(NCCc3ccc(S(N)(=O)=O)cc3)n2)c1C. The minimum atomic E-state index is -3.67. The average Bonchev–Trinajstić information content (AvgIpc) is 2.66. The minimum absolute atomic E-state index is 0.103. The van der Waals surface area contributed by atoms with E-state index in [0.29, 0.717) is 24.7 Å². The molecule has 9 heteroatoms. The zero-order valence-electron chi connectivity index (χ0n) is 15.7. The van der Waals surface area contributed by atoms with Crippen LogP contribution in [0.2, 0.25) is 0 Å². The number of benzene rings is 2. The van der Waals surface area contributed by atoms with Crippen molar-refractivity contribution in [3.63, 3.8) is 0 Å². The maximum absolute atomic E-state index is 11.3. The van der Waals surface area contributed by atoms with Crippen LogP contribution in [0.25, 0.3) is 0 Å². The highest BCUT2D eigenvalue weighted by molar-refractivity contribution is 7.89. The van der Waals surface area contributed by atoms with Gasteiger partial charge in [0, 0.05) is 12.2 Å². The highest BCUT2D eigenvalue weighted by Crippen LogP contribution is 2.21. The Kier molecular flexibility index (Phi) is 5.86. The van der Waals surface area contributed by atoms with E-state index in [0.717, 1.165) is 16.8 Å². The van der Waals surface area contributed by atoms with Gasteiger partial charge in [0.1, 0.15) is 0 Å². The van der Waals surface area contributed by atoms with Crippen molar-refractivity contribution in [1.29, 1.82) is 0 Å². The number of hydrogen-bond acceptors (Lipinski definition) is 7. The molecule has 0 saturated carbocycles. The molecule has 2 aromatic carbocycles. The van der Waals surface area contributed by atoms with Crippen LogP contribution in [0.5, 0.6) is 0 Å². The molecule has 0 bridgehead atoms.